The van der Waals surface area contributed by atoms with E-state index in [9.17, 15) is 4.79 Å². The molecule has 3 aromatic carbocycles. The number of benzene rings is 3. The van der Waals surface area contributed by atoms with Crippen molar-refractivity contribution in [2.45, 2.75) is 45.6 Å². The van der Waals surface area contributed by atoms with Crippen LogP contribution in [-0.2, 0) is 9.47 Å². The van der Waals surface area contributed by atoms with Crippen molar-refractivity contribution in [3.8, 4) is 28.4 Å². The van der Waals surface area contributed by atoms with Crippen molar-refractivity contribution in [2.75, 3.05) is 40.0 Å². The number of ether oxygens (including phenoxy) is 5. The van der Waals surface area contributed by atoms with Gasteiger partial charge in [0, 0.05) is 30.4 Å². The number of carbonyl (C=O) groups is 1. The molecule has 1 N–H and O–H groups in total. The second-order valence-corrected chi connectivity index (χ2v) is 9.38. The van der Waals surface area contributed by atoms with Crippen LogP contribution >= 0.6 is 0 Å². The summed E-state index contributed by atoms with van der Waals surface area (Å²) in [5.41, 5.74) is 2.82. The molecular formula is C32H39NO6. The molecule has 1 unspecified atom stereocenters. The maximum Gasteiger partial charge on any atom is 0.193 e. The van der Waals surface area contributed by atoms with Crippen LogP contribution in [0.4, 0.5) is 0 Å². The van der Waals surface area contributed by atoms with E-state index in [0.29, 0.717) is 48.5 Å². The predicted octanol–water partition coefficient (Wildman–Crippen LogP) is 6.24. The van der Waals surface area contributed by atoms with E-state index in [4.69, 9.17) is 23.7 Å². The minimum atomic E-state index is -0.0732. The summed E-state index contributed by atoms with van der Waals surface area (Å²) in [5.74, 6) is 2.02. The highest BCUT2D eigenvalue weighted by atomic mass is 16.7. The molecule has 1 heterocycles. The number of hydrogen-bond donors (Lipinski definition) is 1. The van der Waals surface area contributed by atoms with E-state index in [-0.39, 0.29) is 19.4 Å². The fourth-order valence-electron chi connectivity index (χ4n) is 4.51. The molecule has 39 heavy (non-hydrogen) atoms. The maximum atomic E-state index is 13.6. The van der Waals surface area contributed by atoms with Crippen LogP contribution < -0.4 is 19.5 Å². The van der Waals surface area contributed by atoms with Gasteiger partial charge in [0.1, 0.15) is 17.2 Å². The number of ketones is 1. The fraction of sp³-hybridized carbons (Fsp3) is 0.406. The third kappa shape index (κ3) is 8.55. The molecule has 0 radical (unpaired) electrons. The van der Waals surface area contributed by atoms with Crippen LogP contribution in [0.1, 0.15) is 55.5 Å². The zero-order valence-electron chi connectivity index (χ0n) is 22.9. The van der Waals surface area contributed by atoms with E-state index < -0.39 is 0 Å². The minimum Gasteiger partial charge on any atom is -0.494 e. The second-order valence-electron chi connectivity index (χ2n) is 9.38. The van der Waals surface area contributed by atoms with Crippen LogP contribution in [0.25, 0.3) is 11.1 Å². The van der Waals surface area contributed by atoms with Crippen molar-refractivity contribution in [1.29, 1.82) is 0 Å². The van der Waals surface area contributed by atoms with Gasteiger partial charge in [-0.3, -0.25) is 4.79 Å². The van der Waals surface area contributed by atoms with E-state index in [2.05, 4.69) is 5.32 Å². The molecule has 1 aliphatic heterocycles. The van der Waals surface area contributed by atoms with Crippen molar-refractivity contribution in [2.24, 2.45) is 0 Å². The highest BCUT2D eigenvalue weighted by Gasteiger charge is 2.17. The Morgan fingerprint density at radius 3 is 2.10 bits per heavy atom. The minimum absolute atomic E-state index is 0.0732. The maximum absolute atomic E-state index is 13.6. The SMILES string of the molecule is CCOCOc1ccc(-c2cc(OCOCC)ccc2C(=O)c2ccc(OCCC3CCCCN3)cc2)cc1. The van der Waals surface area contributed by atoms with Gasteiger partial charge in [-0.2, -0.15) is 0 Å². The van der Waals surface area contributed by atoms with Gasteiger partial charge < -0.3 is 29.0 Å². The van der Waals surface area contributed by atoms with Crippen LogP contribution in [-0.4, -0.2) is 51.8 Å². The summed E-state index contributed by atoms with van der Waals surface area (Å²) >= 11 is 0. The van der Waals surface area contributed by atoms with E-state index in [1.165, 1.54) is 19.3 Å². The molecule has 0 amide bonds. The lowest BCUT2D eigenvalue weighted by atomic mass is 9.93. The first-order chi connectivity index (χ1) is 19.2. The molecule has 4 rings (SSSR count). The van der Waals surface area contributed by atoms with E-state index in [1.807, 2.05) is 68.4 Å². The molecule has 1 saturated heterocycles. The van der Waals surface area contributed by atoms with Crippen molar-refractivity contribution < 1.29 is 28.5 Å². The third-order valence-corrected chi connectivity index (χ3v) is 6.69. The lowest BCUT2D eigenvalue weighted by Gasteiger charge is -2.23. The van der Waals surface area contributed by atoms with E-state index in [1.54, 1.807) is 12.1 Å². The summed E-state index contributed by atoms with van der Waals surface area (Å²) in [6, 6.07) is 21.0. The molecule has 1 aliphatic rings. The lowest BCUT2D eigenvalue weighted by molar-refractivity contribution is 0.0222. The molecule has 208 valence electrons. The summed E-state index contributed by atoms with van der Waals surface area (Å²) < 4.78 is 27.9. The molecular weight excluding hydrogens is 494 g/mol. The number of nitrogens with one attached hydrogen (secondary N) is 1. The first-order valence-electron chi connectivity index (χ1n) is 13.8. The Morgan fingerprint density at radius 1 is 0.795 bits per heavy atom. The monoisotopic (exact) mass is 533 g/mol. The van der Waals surface area contributed by atoms with Crippen LogP contribution in [0, 0.1) is 0 Å². The molecule has 0 aromatic heterocycles. The molecule has 0 saturated carbocycles. The van der Waals surface area contributed by atoms with Gasteiger partial charge in [-0.15, -0.1) is 0 Å². The molecule has 0 spiro atoms. The topological polar surface area (TPSA) is 75.2 Å². The molecule has 0 bridgehead atoms. The summed E-state index contributed by atoms with van der Waals surface area (Å²) in [6.07, 6.45) is 4.72. The number of piperidine rings is 1. The molecule has 3 aromatic rings. The Hall–Kier alpha value is -3.39. The van der Waals surface area contributed by atoms with Gasteiger partial charge in [0.15, 0.2) is 19.4 Å². The Labute approximate surface area is 231 Å². The average Bonchev–Trinajstić information content (AvgIpc) is 2.98. The first-order valence-corrected chi connectivity index (χ1v) is 13.8. The normalized spacial score (nSPS) is 15.1. The quantitative estimate of drug-likeness (QED) is 0.141. The van der Waals surface area contributed by atoms with Crippen molar-refractivity contribution >= 4 is 5.78 Å². The first kappa shape index (κ1) is 28.6. The van der Waals surface area contributed by atoms with Crippen molar-refractivity contribution in [1.82, 2.24) is 5.32 Å². The summed E-state index contributed by atoms with van der Waals surface area (Å²) in [4.78, 5) is 13.6. The zero-order valence-corrected chi connectivity index (χ0v) is 22.9. The summed E-state index contributed by atoms with van der Waals surface area (Å²) in [6.45, 7) is 7.06. The third-order valence-electron chi connectivity index (χ3n) is 6.69. The molecule has 7 heteroatoms. The number of rotatable bonds is 15. The largest absolute Gasteiger partial charge is 0.494 e. The van der Waals surface area contributed by atoms with E-state index >= 15 is 0 Å². The van der Waals surface area contributed by atoms with Crippen LogP contribution in [0.5, 0.6) is 17.2 Å². The summed E-state index contributed by atoms with van der Waals surface area (Å²) in [7, 11) is 0. The van der Waals surface area contributed by atoms with Gasteiger partial charge in [0.25, 0.3) is 0 Å². The van der Waals surface area contributed by atoms with Gasteiger partial charge in [0.05, 0.1) is 6.61 Å². The van der Waals surface area contributed by atoms with Gasteiger partial charge in [0.2, 0.25) is 0 Å². The number of carbonyl (C=O) groups excluding carboxylic acids is 1. The molecule has 7 nitrogen and oxygen atoms in total. The summed E-state index contributed by atoms with van der Waals surface area (Å²) in [5, 5.41) is 3.55. The molecule has 0 aliphatic carbocycles. The Balaban J connectivity index is 1.48. The number of hydrogen-bond acceptors (Lipinski definition) is 7. The fourth-order valence-corrected chi connectivity index (χ4v) is 4.51. The van der Waals surface area contributed by atoms with Gasteiger partial charge in [-0.1, -0.05) is 18.6 Å². The lowest BCUT2D eigenvalue weighted by Crippen LogP contribution is -2.35. The van der Waals surface area contributed by atoms with Crippen LogP contribution in [0.3, 0.4) is 0 Å². The van der Waals surface area contributed by atoms with Crippen molar-refractivity contribution in [3.05, 3.63) is 77.9 Å². The van der Waals surface area contributed by atoms with Crippen molar-refractivity contribution in [3.63, 3.8) is 0 Å². The highest BCUT2D eigenvalue weighted by molar-refractivity contribution is 6.13. The van der Waals surface area contributed by atoms with Crippen LogP contribution in [0.2, 0.25) is 0 Å². The second kappa shape index (κ2) is 15.3. The Bertz CT molecular complexity index is 1160. The Kier molecular flexibility index (Phi) is 11.2. The zero-order chi connectivity index (χ0) is 27.3. The Morgan fingerprint density at radius 2 is 1.44 bits per heavy atom. The van der Waals surface area contributed by atoms with Gasteiger partial charge in [-0.25, -0.2) is 0 Å². The van der Waals surface area contributed by atoms with Gasteiger partial charge in [-0.05, 0) is 105 Å². The predicted molar refractivity (Wildman–Crippen MR) is 152 cm³/mol. The van der Waals surface area contributed by atoms with Gasteiger partial charge >= 0.3 is 0 Å². The molecule has 1 fully saturated rings. The smallest absolute Gasteiger partial charge is 0.193 e. The average molecular weight is 534 g/mol. The highest BCUT2D eigenvalue weighted by Crippen LogP contribution is 2.31. The van der Waals surface area contributed by atoms with E-state index in [0.717, 1.165) is 29.8 Å². The standard InChI is InChI=1S/C32H39NO6/c1-3-35-22-38-28-12-8-24(9-13-28)31-21-29(39-23-36-4-2)16-17-30(31)32(34)25-10-14-27(15-11-25)37-20-18-26-7-5-6-19-33-26/h8-17,21,26,33H,3-7,18-20,22-23H2,1-2H3. The molecule has 1 atom stereocenters. The van der Waals surface area contributed by atoms with Crippen LogP contribution in [0.15, 0.2) is 66.7 Å².